The quantitative estimate of drug-likeness (QED) is 0.770. The van der Waals surface area contributed by atoms with Crippen LogP contribution >= 0.6 is 11.6 Å². The normalized spacial score (nSPS) is 28.7. The Morgan fingerprint density at radius 2 is 1.95 bits per heavy atom. The van der Waals surface area contributed by atoms with Gasteiger partial charge in [0, 0.05) is 31.4 Å². The number of fused-ring (bicyclic) bond motifs is 2. The second-order valence-electron chi connectivity index (χ2n) is 5.23. The van der Waals surface area contributed by atoms with Crippen LogP contribution in [0.4, 0.5) is 0 Å². The minimum absolute atomic E-state index is 0.0563. The van der Waals surface area contributed by atoms with E-state index in [1.165, 1.54) is 12.3 Å². The van der Waals surface area contributed by atoms with E-state index in [4.69, 9.17) is 11.6 Å². The van der Waals surface area contributed by atoms with Gasteiger partial charge >= 0.3 is 0 Å². The highest BCUT2D eigenvalue weighted by Crippen LogP contribution is 2.36. The zero-order chi connectivity index (χ0) is 13.6. The molecule has 3 heterocycles. The van der Waals surface area contributed by atoms with Gasteiger partial charge in [-0.15, -0.1) is 0 Å². The summed E-state index contributed by atoms with van der Waals surface area (Å²) < 4.78 is 27.2. The van der Waals surface area contributed by atoms with Crippen molar-refractivity contribution in [2.45, 2.75) is 29.8 Å². The predicted molar refractivity (Wildman–Crippen MR) is 72.6 cm³/mol. The Morgan fingerprint density at radius 1 is 1.32 bits per heavy atom. The minimum Gasteiger partial charge on any atom is -0.303 e. The lowest BCUT2D eigenvalue weighted by atomic mass is 10.2. The van der Waals surface area contributed by atoms with Crippen molar-refractivity contribution < 1.29 is 8.42 Å². The van der Waals surface area contributed by atoms with Crippen molar-refractivity contribution in [1.29, 1.82) is 0 Å². The van der Waals surface area contributed by atoms with E-state index in [1.807, 2.05) is 7.05 Å². The number of hydrogen-bond donors (Lipinski definition) is 0. The molecule has 2 aliphatic heterocycles. The number of likely N-dealkylation sites (tertiary alicyclic amines) is 1. The summed E-state index contributed by atoms with van der Waals surface area (Å²) in [6.45, 7) is 1.57. The monoisotopic (exact) mass is 301 g/mol. The first-order valence-corrected chi connectivity index (χ1v) is 8.14. The molecule has 0 spiro atoms. The van der Waals surface area contributed by atoms with Crippen molar-refractivity contribution in [3.05, 3.63) is 23.5 Å². The third-order valence-corrected chi connectivity index (χ3v) is 6.33. The van der Waals surface area contributed by atoms with Crippen LogP contribution in [0, 0.1) is 0 Å². The third kappa shape index (κ3) is 2.16. The molecule has 1 aromatic rings. The van der Waals surface area contributed by atoms with Crippen molar-refractivity contribution in [1.82, 2.24) is 14.2 Å². The van der Waals surface area contributed by atoms with Crippen molar-refractivity contribution in [2.24, 2.45) is 0 Å². The summed E-state index contributed by atoms with van der Waals surface area (Å²) in [6.07, 6.45) is 3.35. The third-order valence-electron chi connectivity index (χ3n) is 3.88. The molecule has 104 valence electrons. The molecule has 0 N–H and O–H groups in total. The Balaban J connectivity index is 2.01. The average Bonchev–Trinajstić information content (AvgIpc) is 2.63. The number of likely N-dealkylation sites (N-methyl/N-ethyl adjacent to an activating group) is 1. The van der Waals surface area contributed by atoms with Crippen LogP contribution in [0.15, 0.2) is 23.2 Å². The smallest absolute Gasteiger partial charge is 0.246 e. The number of piperazine rings is 1. The second-order valence-corrected chi connectivity index (χ2v) is 7.40. The van der Waals surface area contributed by atoms with Crippen LogP contribution in [-0.2, 0) is 10.0 Å². The van der Waals surface area contributed by atoms with E-state index in [1.54, 1.807) is 10.4 Å². The fourth-order valence-corrected chi connectivity index (χ4v) is 5.43. The molecule has 2 unspecified atom stereocenters. The zero-order valence-electron chi connectivity index (χ0n) is 10.7. The summed E-state index contributed by atoms with van der Waals surface area (Å²) in [4.78, 5) is 6.19. The van der Waals surface area contributed by atoms with Crippen LogP contribution in [0.1, 0.15) is 12.8 Å². The number of halogens is 1. The Bertz CT molecular complexity index is 578. The number of rotatable bonds is 2. The van der Waals surface area contributed by atoms with E-state index in [2.05, 4.69) is 9.88 Å². The summed E-state index contributed by atoms with van der Waals surface area (Å²) in [5.74, 6) is 0. The van der Waals surface area contributed by atoms with Gasteiger partial charge in [-0.1, -0.05) is 11.6 Å². The molecule has 1 aromatic heterocycles. The number of pyridine rings is 1. The van der Waals surface area contributed by atoms with E-state index in [0.29, 0.717) is 0 Å². The highest BCUT2D eigenvalue weighted by Gasteiger charge is 2.46. The van der Waals surface area contributed by atoms with Gasteiger partial charge < -0.3 is 4.90 Å². The van der Waals surface area contributed by atoms with E-state index in [0.717, 1.165) is 25.9 Å². The van der Waals surface area contributed by atoms with Gasteiger partial charge in [0.25, 0.3) is 0 Å². The number of sulfonamides is 1. The van der Waals surface area contributed by atoms with Crippen LogP contribution < -0.4 is 0 Å². The van der Waals surface area contributed by atoms with Crippen LogP contribution in [0.2, 0.25) is 5.15 Å². The van der Waals surface area contributed by atoms with E-state index in [9.17, 15) is 8.42 Å². The molecule has 0 amide bonds. The SMILES string of the molecule is CN1CC2CCC(C1)N2S(=O)(=O)c1cccnc1Cl. The van der Waals surface area contributed by atoms with Crippen molar-refractivity contribution in [2.75, 3.05) is 20.1 Å². The number of nitrogens with zero attached hydrogens (tertiary/aromatic N) is 3. The predicted octanol–water partition coefficient (Wildman–Crippen LogP) is 1.20. The topological polar surface area (TPSA) is 53.5 Å². The van der Waals surface area contributed by atoms with Crippen LogP contribution in [0.3, 0.4) is 0 Å². The van der Waals surface area contributed by atoms with Gasteiger partial charge in [-0.3, -0.25) is 0 Å². The minimum atomic E-state index is -3.54. The fourth-order valence-electron chi connectivity index (χ4n) is 3.14. The molecule has 2 fully saturated rings. The van der Waals surface area contributed by atoms with Gasteiger partial charge in [-0.25, -0.2) is 13.4 Å². The molecule has 3 rings (SSSR count). The van der Waals surface area contributed by atoms with Gasteiger partial charge in [-0.2, -0.15) is 4.31 Å². The van der Waals surface area contributed by atoms with Crippen LogP contribution in [0.25, 0.3) is 0 Å². The van der Waals surface area contributed by atoms with Gasteiger partial charge in [-0.05, 0) is 32.0 Å². The van der Waals surface area contributed by atoms with Crippen LogP contribution in [-0.4, -0.2) is 54.8 Å². The molecule has 19 heavy (non-hydrogen) atoms. The molecular weight excluding hydrogens is 286 g/mol. The Labute approximate surface area is 118 Å². The maximum absolute atomic E-state index is 12.8. The summed E-state index contributed by atoms with van der Waals surface area (Å²) >= 11 is 5.95. The molecular formula is C12H16ClN3O2S. The summed E-state index contributed by atoms with van der Waals surface area (Å²) in [5, 5.41) is 0.0563. The van der Waals surface area contributed by atoms with E-state index in [-0.39, 0.29) is 22.1 Å². The fraction of sp³-hybridized carbons (Fsp3) is 0.583. The highest BCUT2D eigenvalue weighted by molar-refractivity contribution is 7.89. The van der Waals surface area contributed by atoms with Gasteiger partial charge in [0.1, 0.15) is 10.0 Å². The molecule has 2 bridgehead atoms. The lowest BCUT2D eigenvalue weighted by Gasteiger charge is -2.38. The second kappa shape index (κ2) is 4.70. The largest absolute Gasteiger partial charge is 0.303 e. The van der Waals surface area contributed by atoms with Crippen molar-refractivity contribution in [3.63, 3.8) is 0 Å². The Hall–Kier alpha value is -0.690. The highest BCUT2D eigenvalue weighted by atomic mass is 35.5. The standard InChI is InChI=1S/C12H16ClN3O2S/c1-15-7-9-4-5-10(8-15)16(9)19(17,18)11-3-2-6-14-12(11)13/h2-3,6,9-10H,4-5,7-8H2,1H3. The van der Waals surface area contributed by atoms with E-state index >= 15 is 0 Å². The molecule has 2 aliphatic rings. The number of aromatic nitrogens is 1. The molecule has 0 radical (unpaired) electrons. The maximum atomic E-state index is 12.8. The summed E-state index contributed by atoms with van der Waals surface area (Å²) in [7, 11) is -1.51. The molecule has 5 nitrogen and oxygen atoms in total. The Morgan fingerprint density at radius 3 is 2.53 bits per heavy atom. The lowest BCUT2D eigenvalue weighted by molar-refractivity contribution is 0.154. The van der Waals surface area contributed by atoms with Gasteiger partial charge in [0.15, 0.2) is 0 Å². The summed E-state index contributed by atoms with van der Waals surface area (Å²) in [6, 6.07) is 3.26. The first-order chi connectivity index (χ1) is 9.00. The molecule has 0 aliphatic carbocycles. The first kappa shape index (κ1) is 13.3. The molecule has 2 saturated heterocycles. The molecule has 0 aromatic carbocycles. The van der Waals surface area contributed by atoms with Crippen LogP contribution in [0.5, 0.6) is 0 Å². The van der Waals surface area contributed by atoms with Crippen molar-refractivity contribution >= 4 is 21.6 Å². The maximum Gasteiger partial charge on any atom is 0.246 e. The zero-order valence-corrected chi connectivity index (χ0v) is 12.2. The van der Waals surface area contributed by atoms with Gasteiger partial charge in [0.2, 0.25) is 10.0 Å². The number of hydrogen-bond acceptors (Lipinski definition) is 4. The molecule has 2 atom stereocenters. The first-order valence-electron chi connectivity index (χ1n) is 6.33. The van der Waals surface area contributed by atoms with Crippen molar-refractivity contribution in [3.8, 4) is 0 Å². The van der Waals surface area contributed by atoms with Gasteiger partial charge in [0.05, 0.1) is 0 Å². The molecule has 7 heteroatoms. The molecule has 0 saturated carbocycles. The summed E-state index contributed by atoms with van der Waals surface area (Å²) in [5.41, 5.74) is 0. The lowest BCUT2D eigenvalue weighted by Crippen LogP contribution is -2.54. The Kier molecular flexibility index (Phi) is 3.29. The average molecular weight is 302 g/mol. The van der Waals surface area contributed by atoms with E-state index < -0.39 is 10.0 Å².